The molecular weight excluding hydrogens is 274 g/mol. The molecule has 3 aromatic heterocycles. The highest BCUT2D eigenvalue weighted by molar-refractivity contribution is 6.01. The second-order valence-electron chi connectivity index (χ2n) is 6.06. The molecule has 1 aliphatic rings. The Morgan fingerprint density at radius 1 is 1.32 bits per heavy atom. The molecule has 0 amide bonds. The highest BCUT2D eigenvalue weighted by atomic mass is 15.2. The molecule has 1 fully saturated rings. The number of H-pyrrole nitrogens is 1. The monoisotopic (exact) mass is 293 g/mol. The third kappa shape index (κ3) is 2.22. The van der Waals surface area contributed by atoms with Crippen LogP contribution >= 0.6 is 0 Å². The third-order valence-corrected chi connectivity index (χ3v) is 4.38. The maximum absolute atomic E-state index is 4.60. The van der Waals surface area contributed by atoms with Crippen LogP contribution in [-0.2, 0) is 0 Å². The van der Waals surface area contributed by atoms with Crippen LogP contribution in [0.5, 0.6) is 0 Å². The van der Waals surface area contributed by atoms with E-state index in [0.717, 1.165) is 41.1 Å². The molecule has 1 unspecified atom stereocenters. The largest absolute Gasteiger partial charge is 0.356 e. The number of hydrogen-bond donors (Lipinski definition) is 1. The Morgan fingerprint density at radius 3 is 3.09 bits per heavy atom. The van der Waals surface area contributed by atoms with Gasteiger partial charge in [0.15, 0.2) is 0 Å². The molecule has 1 atom stereocenters. The minimum absolute atomic E-state index is 0.708. The molecule has 0 aromatic carbocycles. The van der Waals surface area contributed by atoms with E-state index in [4.69, 9.17) is 0 Å². The number of hydrogen-bond acceptors (Lipinski definition) is 4. The number of anilines is 1. The third-order valence-electron chi connectivity index (χ3n) is 4.38. The van der Waals surface area contributed by atoms with Gasteiger partial charge in [-0.3, -0.25) is 4.98 Å². The standard InChI is InChI=1S/C17H19N5/c1-12-4-3-7-22(10-12)17-15-14(13-5-2-6-18-8-13)9-19-16(15)20-11-21-17/h2,5-6,8-9,11-12H,3-4,7,10H2,1H3,(H,19,20,21). The number of aromatic amines is 1. The van der Waals surface area contributed by atoms with E-state index in [-0.39, 0.29) is 0 Å². The van der Waals surface area contributed by atoms with Gasteiger partial charge in [0.25, 0.3) is 0 Å². The zero-order valence-electron chi connectivity index (χ0n) is 12.7. The summed E-state index contributed by atoms with van der Waals surface area (Å²) in [6.45, 7) is 4.43. The minimum Gasteiger partial charge on any atom is -0.356 e. The van der Waals surface area contributed by atoms with Crippen molar-refractivity contribution in [2.45, 2.75) is 19.8 Å². The Labute approximate surface area is 129 Å². The number of nitrogens with zero attached hydrogens (tertiary/aromatic N) is 4. The van der Waals surface area contributed by atoms with Gasteiger partial charge in [0, 0.05) is 42.8 Å². The Morgan fingerprint density at radius 2 is 2.27 bits per heavy atom. The van der Waals surface area contributed by atoms with Crippen molar-refractivity contribution in [3.63, 3.8) is 0 Å². The van der Waals surface area contributed by atoms with Crippen LogP contribution in [0.15, 0.2) is 37.1 Å². The molecule has 0 bridgehead atoms. The zero-order valence-corrected chi connectivity index (χ0v) is 12.7. The summed E-state index contributed by atoms with van der Waals surface area (Å²) in [5.41, 5.74) is 3.11. The summed E-state index contributed by atoms with van der Waals surface area (Å²) >= 11 is 0. The van der Waals surface area contributed by atoms with Crippen molar-refractivity contribution in [2.75, 3.05) is 18.0 Å². The highest BCUT2D eigenvalue weighted by Crippen LogP contribution is 2.34. The first-order valence-electron chi connectivity index (χ1n) is 7.80. The lowest BCUT2D eigenvalue weighted by Gasteiger charge is -2.32. The molecule has 4 rings (SSSR count). The molecule has 0 aliphatic carbocycles. The van der Waals surface area contributed by atoms with Crippen LogP contribution in [0.2, 0.25) is 0 Å². The molecule has 0 spiro atoms. The fourth-order valence-corrected chi connectivity index (χ4v) is 3.32. The normalized spacial score (nSPS) is 18.8. The van der Waals surface area contributed by atoms with E-state index >= 15 is 0 Å². The van der Waals surface area contributed by atoms with E-state index in [0.29, 0.717) is 5.92 Å². The second kappa shape index (κ2) is 5.40. The zero-order chi connectivity index (χ0) is 14.9. The van der Waals surface area contributed by atoms with Crippen molar-refractivity contribution in [2.24, 2.45) is 5.92 Å². The molecule has 112 valence electrons. The average molecular weight is 293 g/mol. The van der Waals surface area contributed by atoms with E-state index in [1.54, 1.807) is 12.5 Å². The van der Waals surface area contributed by atoms with Crippen LogP contribution in [-0.4, -0.2) is 33.0 Å². The molecule has 0 saturated carbocycles. The number of fused-ring (bicyclic) bond motifs is 1. The van der Waals surface area contributed by atoms with Crippen LogP contribution in [0.1, 0.15) is 19.8 Å². The predicted molar refractivity (Wildman–Crippen MR) is 87.7 cm³/mol. The maximum atomic E-state index is 4.60. The Bertz CT molecular complexity index is 780. The van der Waals surface area contributed by atoms with Gasteiger partial charge in [-0.05, 0) is 24.8 Å². The van der Waals surface area contributed by atoms with Gasteiger partial charge in [-0.1, -0.05) is 13.0 Å². The molecule has 5 nitrogen and oxygen atoms in total. The van der Waals surface area contributed by atoms with Crippen LogP contribution in [0, 0.1) is 5.92 Å². The second-order valence-corrected chi connectivity index (χ2v) is 6.06. The van der Waals surface area contributed by atoms with Crippen LogP contribution < -0.4 is 4.90 Å². The number of piperidine rings is 1. The molecule has 1 aliphatic heterocycles. The lowest BCUT2D eigenvalue weighted by Crippen LogP contribution is -2.35. The van der Waals surface area contributed by atoms with Gasteiger partial charge in [-0.25, -0.2) is 9.97 Å². The number of pyridine rings is 1. The molecule has 0 radical (unpaired) electrons. The fourth-order valence-electron chi connectivity index (χ4n) is 3.32. The maximum Gasteiger partial charge on any atom is 0.143 e. The number of nitrogens with one attached hydrogen (secondary N) is 1. The van der Waals surface area contributed by atoms with Gasteiger partial charge < -0.3 is 9.88 Å². The summed E-state index contributed by atoms with van der Waals surface area (Å²) in [6, 6.07) is 4.03. The van der Waals surface area contributed by atoms with Crippen molar-refractivity contribution < 1.29 is 0 Å². The summed E-state index contributed by atoms with van der Waals surface area (Å²) < 4.78 is 0. The van der Waals surface area contributed by atoms with Gasteiger partial charge in [0.2, 0.25) is 0 Å². The summed E-state index contributed by atoms with van der Waals surface area (Å²) in [6.07, 6.45) is 9.86. The minimum atomic E-state index is 0.708. The van der Waals surface area contributed by atoms with Gasteiger partial charge in [0.05, 0.1) is 5.39 Å². The van der Waals surface area contributed by atoms with Crippen LogP contribution in [0.25, 0.3) is 22.2 Å². The van der Waals surface area contributed by atoms with Crippen molar-refractivity contribution >= 4 is 16.9 Å². The molecule has 4 heterocycles. The summed E-state index contributed by atoms with van der Waals surface area (Å²) in [5, 5.41) is 1.10. The average Bonchev–Trinajstić information content (AvgIpc) is 3.00. The SMILES string of the molecule is CC1CCCN(c2ncnc3[nH]cc(-c4cccnc4)c23)C1. The smallest absolute Gasteiger partial charge is 0.143 e. The predicted octanol–water partition coefficient (Wildman–Crippen LogP) is 3.26. The fraction of sp³-hybridized carbons (Fsp3) is 0.353. The van der Waals surface area contributed by atoms with Gasteiger partial charge in [-0.15, -0.1) is 0 Å². The van der Waals surface area contributed by atoms with Gasteiger partial charge >= 0.3 is 0 Å². The lowest BCUT2D eigenvalue weighted by atomic mass is 9.99. The van der Waals surface area contributed by atoms with Crippen molar-refractivity contribution in [3.8, 4) is 11.1 Å². The topological polar surface area (TPSA) is 57.7 Å². The summed E-state index contributed by atoms with van der Waals surface area (Å²) in [4.78, 5) is 18.9. The Kier molecular flexibility index (Phi) is 3.25. The summed E-state index contributed by atoms with van der Waals surface area (Å²) in [5.74, 6) is 1.75. The van der Waals surface area contributed by atoms with E-state index in [1.807, 2.05) is 18.5 Å². The molecule has 1 saturated heterocycles. The molecule has 1 N–H and O–H groups in total. The van der Waals surface area contributed by atoms with E-state index in [1.165, 1.54) is 12.8 Å². The van der Waals surface area contributed by atoms with E-state index in [9.17, 15) is 0 Å². The van der Waals surface area contributed by atoms with Crippen LogP contribution in [0.4, 0.5) is 5.82 Å². The number of rotatable bonds is 2. The first-order chi connectivity index (χ1) is 10.8. The van der Waals surface area contributed by atoms with Crippen molar-refractivity contribution in [1.29, 1.82) is 0 Å². The Hall–Kier alpha value is -2.43. The lowest BCUT2D eigenvalue weighted by molar-refractivity contribution is 0.445. The molecular formula is C17H19N5. The quantitative estimate of drug-likeness (QED) is 0.788. The first kappa shape index (κ1) is 13.2. The molecule has 5 heteroatoms. The molecule has 22 heavy (non-hydrogen) atoms. The van der Waals surface area contributed by atoms with E-state index < -0.39 is 0 Å². The van der Waals surface area contributed by atoms with Crippen LogP contribution in [0.3, 0.4) is 0 Å². The first-order valence-corrected chi connectivity index (χ1v) is 7.80. The van der Waals surface area contributed by atoms with Gasteiger partial charge in [-0.2, -0.15) is 0 Å². The highest BCUT2D eigenvalue weighted by Gasteiger charge is 2.22. The number of aromatic nitrogens is 4. The van der Waals surface area contributed by atoms with Crippen molar-refractivity contribution in [1.82, 2.24) is 19.9 Å². The van der Waals surface area contributed by atoms with Crippen molar-refractivity contribution in [3.05, 3.63) is 37.1 Å². The Balaban J connectivity index is 1.86. The summed E-state index contributed by atoms with van der Waals surface area (Å²) in [7, 11) is 0. The van der Waals surface area contributed by atoms with E-state index in [2.05, 4.69) is 37.8 Å². The molecule has 3 aromatic rings. The van der Waals surface area contributed by atoms with Gasteiger partial charge in [0.1, 0.15) is 17.8 Å².